The van der Waals surface area contributed by atoms with Crippen LogP contribution in [0.2, 0.25) is 0 Å². The molecule has 1 N–H and O–H groups in total. The standard InChI is InChI=1S/C21H30N2O3S/c1-14-7-9-23(10-8-14)27(25,26)18-6-3-15(2)19(13-18)21(24)22-20-12-16-4-5-17(20)11-16/h3,6,13-14,16-17,20H,4-5,7-12H2,1-2H3,(H,22,24). The summed E-state index contributed by atoms with van der Waals surface area (Å²) < 4.78 is 27.6. The molecule has 3 unspecified atom stereocenters. The van der Waals surface area contributed by atoms with E-state index in [1.165, 1.54) is 19.3 Å². The number of nitrogens with zero attached hydrogens (tertiary/aromatic N) is 1. The molecule has 27 heavy (non-hydrogen) atoms. The summed E-state index contributed by atoms with van der Waals surface area (Å²) in [6.45, 7) is 5.15. The number of nitrogens with one attached hydrogen (secondary N) is 1. The van der Waals surface area contributed by atoms with E-state index < -0.39 is 10.0 Å². The summed E-state index contributed by atoms with van der Waals surface area (Å²) in [5.41, 5.74) is 1.31. The minimum atomic E-state index is -3.54. The summed E-state index contributed by atoms with van der Waals surface area (Å²) in [7, 11) is -3.54. The first kappa shape index (κ1) is 18.9. The van der Waals surface area contributed by atoms with E-state index in [9.17, 15) is 13.2 Å². The zero-order chi connectivity index (χ0) is 19.2. The summed E-state index contributed by atoms with van der Waals surface area (Å²) in [4.78, 5) is 13.1. The number of fused-ring (bicyclic) bond motifs is 2. The minimum Gasteiger partial charge on any atom is -0.349 e. The van der Waals surface area contributed by atoms with Crippen LogP contribution in [0.1, 0.15) is 61.4 Å². The van der Waals surface area contributed by atoms with Gasteiger partial charge in [0.1, 0.15) is 0 Å². The average Bonchev–Trinajstić information content (AvgIpc) is 3.25. The van der Waals surface area contributed by atoms with E-state index in [-0.39, 0.29) is 16.8 Å². The summed E-state index contributed by atoms with van der Waals surface area (Å²) >= 11 is 0. The van der Waals surface area contributed by atoms with Crippen molar-refractivity contribution in [3.63, 3.8) is 0 Å². The highest BCUT2D eigenvalue weighted by Gasteiger charge is 2.40. The Kier molecular flexibility index (Phi) is 5.06. The summed E-state index contributed by atoms with van der Waals surface area (Å²) in [6, 6.07) is 5.22. The fraction of sp³-hybridized carbons (Fsp3) is 0.667. The highest BCUT2D eigenvalue weighted by molar-refractivity contribution is 7.89. The molecule has 148 valence electrons. The molecule has 1 aliphatic heterocycles. The molecule has 4 rings (SSSR count). The van der Waals surface area contributed by atoms with Crippen LogP contribution in [0.5, 0.6) is 0 Å². The number of piperidine rings is 1. The second-order valence-corrected chi connectivity index (χ2v) is 10.8. The van der Waals surface area contributed by atoms with E-state index in [4.69, 9.17) is 0 Å². The van der Waals surface area contributed by atoms with Gasteiger partial charge in [0, 0.05) is 24.7 Å². The van der Waals surface area contributed by atoms with Gasteiger partial charge in [-0.05, 0) is 74.5 Å². The first-order valence-corrected chi connectivity index (χ1v) is 11.7. The van der Waals surface area contributed by atoms with E-state index in [0.717, 1.165) is 30.7 Å². The Morgan fingerprint density at radius 1 is 1.11 bits per heavy atom. The first-order chi connectivity index (χ1) is 12.8. The molecule has 1 aromatic rings. The van der Waals surface area contributed by atoms with E-state index in [2.05, 4.69) is 12.2 Å². The minimum absolute atomic E-state index is 0.130. The molecule has 0 radical (unpaired) electrons. The molecular formula is C21H30N2O3S. The largest absolute Gasteiger partial charge is 0.349 e. The van der Waals surface area contributed by atoms with Crippen molar-refractivity contribution in [3.8, 4) is 0 Å². The second-order valence-electron chi connectivity index (χ2n) is 8.82. The topological polar surface area (TPSA) is 66.5 Å². The second kappa shape index (κ2) is 7.21. The van der Waals surface area contributed by atoms with E-state index in [1.807, 2.05) is 6.92 Å². The lowest BCUT2D eigenvalue weighted by molar-refractivity contribution is 0.0922. The van der Waals surface area contributed by atoms with Gasteiger partial charge in [-0.1, -0.05) is 19.4 Å². The van der Waals surface area contributed by atoms with Gasteiger partial charge in [-0.25, -0.2) is 8.42 Å². The van der Waals surface area contributed by atoms with Crippen molar-refractivity contribution in [1.82, 2.24) is 9.62 Å². The quantitative estimate of drug-likeness (QED) is 0.857. The molecule has 6 heteroatoms. The number of carbonyl (C=O) groups excluding carboxylic acids is 1. The van der Waals surface area contributed by atoms with Gasteiger partial charge in [-0.2, -0.15) is 4.31 Å². The van der Waals surface area contributed by atoms with Crippen LogP contribution in [0.4, 0.5) is 0 Å². The van der Waals surface area contributed by atoms with Crippen molar-refractivity contribution in [1.29, 1.82) is 0 Å². The van der Waals surface area contributed by atoms with Gasteiger partial charge in [0.05, 0.1) is 4.90 Å². The molecule has 3 aliphatic rings. The Labute approximate surface area is 162 Å². The fourth-order valence-electron chi connectivity index (χ4n) is 5.05. The monoisotopic (exact) mass is 390 g/mol. The van der Waals surface area contributed by atoms with E-state index in [1.54, 1.807) is 22.5 Å². The molecule has 0 aromatic heterocycles. The lowest BCUT2D eigenvalue weighted by atomic mass is 9.95. The molecule has 1 heterocycles. The molecule has 5 nitrogen and oxygen atoms in total. The van der Waals surface area contributed by atoms with Crippen molar-refractivity contribution in [2.75, 3.05) is 13.1 Å². The van der Waals surface area contributed by atoms with Crippen molar-refractivity contribution in [3.05, 3.63) is 29.3 Å². The van der Waals surface area contributed by atoms with Crippen LogP contribution in [0, 0.1) is 24.7 Å². The van der Waals surface area contributed by atoms with Crippen molar-refractivity contribution in [2.45, 2.75) is 63.3 Å². The number of hydrogen-bond acceptors (Lipinski definition) is 3. The highest BCUT2D eigenvalue weighted by Crippen LogP contribution is 2.44. The van der Waals surface area contributed by atoms with Crippen LogP contribution in [-0.4, -0.2) is 37.8 Å². The van der Waals surface area contributed by atoms with Gasteiger partial charge in [-0.15, -0.1) is 0 Å². The number of carbonyl (C=O) groups is 1. The van der Waals surface area contributed by atoms with Crippen molar-refractivity contribution >= 4 is 15.9 Å². The Morgan fingerprint density at radius 2 is 1.85 bits per heavy atom. The number of hydrogen-bond donors (Lipinski definition) is 1. The first-order valence-electron chi connectivity index (χ1n) is 10.3. The Balaban J connectivity index is 1.53. The average molecular weight is 391 g/mol. The van der Waals surface area contributed by atoms with Gasteiger partial charge in [0.25, 0.3) is 5.91 Å². The molecule has 3 fully saturated rings. The van der Waals surface area contributed by atoms with Crippen LogP contribution in [0.3, 0.4) is 0 Å². The summed E-state index contributed by atoms with van der Waals surface area (Å²) in [5, 5.41) is 3.18. The van der Waals surface area contributed by atoms with Gasteiger partial charge in [-0.3, -0.25) is 4.79 Å². The number of rotatable bonds is 4. The maximum atomic E-state index is 13.0. The zero-order valence-electron chi connectivity index (χ0n) is 16.3. The lowest BCUT2D eigenvalue weighted by Crippen LogP contribution is -2.39. The van der Waals surface area contributed by atoms with Gasteiger partial charge in [0.15, 0.2) is 0 Å². The van der Waals surface area contributed by atoms with Crippen LogP contribution in [0.15, 0.2) is 23.1 Å². The van der Waals surface area contributed by atoms with E-state index >= 15 is 0 Å². The van der Waals surface area contributed by atoms with Crippen molar-refractivity contribution < 1.29 is 13.2 Å². The molecule has 2 aliphatic carbocycles. The third-order valence-electron chi connectivity index (χ3n) is 6.89. The SMILES string of the molecule is Cc1ccc(S(=O)(=O)N2CCC(C)CC2)cc1C(=O)NC1CC2CCC1C2. The molecule has 2 saturated carbocycles. The molecule has 1 saturated heterocycles. The van der Waals surface area contributed by atoms with Gasteiger partial charge >= 0.3 is 0 Å². The maximum absolute atomic E-state index is 13.0. The van der Waals surface area contributed by atoms with Gasteiger partial charge in [0.2, 0.25) is 10.0 Å². The predicted molar refractivity (Wildman–Crippen MR) is 105 cm³/mol. The van der Waals surface area contributed by atoms with E-state index in [0.29, 0.717) is 30.5 Å². The lowest BCUT2D eigenvalue weighted by Gasteiger charge is -2.29. The molecular weight excluding hydrogens is 360 g/mol. The normalized spacial score (nSPS) is 29.2. The Hall–Kier alpha value is -1.40. The highest BCUT2D eigenvalue weighted by atomic mass is 32.2. The third kappa shape index (κ3) is 3.66. The summed E-state index contributed by atoms with van der Waals surface area (Å²) in [5.74, 6) is 1.79. The Bertz CT molecular complexity index is 828. The maximum Gasteiger partial charge on any atom is 0.251 e. The number of sulfonamides is 1. The fourth-order valence-corrected chi connectivity index (χ4v) is 6.54. The number of amides is 1. The summed E-state index contributed by atoms with van der Waals surface area (Å²) in [6.07, 6.45) is 6.57. The number of benzene rings is 1. The molecule has 1 aromatic carbocycles. The number of aryl methyl sites for hydroxylation is 1. The van der Waals surface area contributed by atoms with Crippen LogP contribution >= 0.6 is 0 Å². The van der Waals surface area contributed by atoms with Gasteiger partial charge < -0.3 is 5.32 Å². The molecule has 3 atom stereocenters. The zero-order valence-corrected chi connectivity index (χ0v) is 17.1. The molecule has 2 bridgehead atoms. The van der Waals surface area contributed by atoms with Crippen LogP contribution in [0.25, 0.3) is 0 Å². The Morgan fingerprint density at radius 3 is 2.48 bits per heavy atom. The van der Waals surface area contributed by atoms with Crippen molar-refractivity contribution in [2.24, 2.45) is 17.8 Å². The van der Waals surface area contributed by atoms with Crippen LogP contribution < -0.4 is 5.32 Å². The predicted octanol–water partition coefficient (Wildman–Crippen LogP) is 3.33. The van der Waals surface area contributed by atoms with Crippen LogP contribution in [-0.2, 0) is 10.0 Å². The third-order valence-corrected chi connectivity index (χ3v) is 8.78. The molecule has 1 amide bonds. The smallest absolute Gasteiger partial charge is 0.251 e. The molecule has 0 spiro atoms.